The van der Waals surface area contributed by atoms with Crippen molar-refractivity contribution in [2.75, 3.05) is 19.9 Å². The Labute approximate surface area is 180 Å². The minimum absolute atomic E-state index is 0.136. The number of carbonyl (C=O) groups is 2. The summed E-state index contributed by atoms with van der Waals surface area (Å²) >= 11 is 0. The summed E-state index contributed by atoms with van der Waals surface area (Å²) in [5.74, 6) is -0.0408. The van der Waals surface area contributed by atoms with Gasteiger partial charge in [0, 0.05) is 6.20 Å². The average molecular weight is 425 g/mol. The van der Waals surface area contributed by atoms with Crippen LogP contribution >= 0.6 is 0 Å². The van der Waals surface area contributed by atoms with Crippen molar-refractivity contribution in [3.63, 3.8) is 0 Å². The van der Waals surface area contributed by atoms with Crippen LogP contribution in [0.4, 0.5) is 0 Å². The number of hydrogen-bond donors (Lipinski definition) is 4. The van der Waals surface area contributed by atoms with Crippen molar-refractivity contribution < 1.29 is 14.3 Å². The predicted molar refractivity (Wildman–Crippen MR) is 112 cm³/mol. The second kappa shape index (κ2) is 9.85. The van der Waals surface area contributed by atoms with Gasteiger partial charge in [0.25, 0.3) is 5.91 Å². The molecule has 164 valence electrons. The Hall–Kier alpha value is -3.03. The van der Waals surface area contributed by atoms with E-state index in [1.165, 1.54) is 0 Å². The lowest BCUT2D eigenvalue weighted by molar-refractivity contribution is -0.123. The third kappa shape index (κ3) is 5.77. The number of H-pyrrole nitrogens is 1. The Morgan fingerprint density at radius 3 is 2.90 bits per heavy atom. The molecule has 4 N–H and O–H groups in total. The van der Waals surface area contributed by atoms with Gasteiger partial charge in [-0.1, -0.05) is 12.8 Å². The Morgan fingerprint density at radius 2 is 2.13 bits per heavy atom. The van der Waals surface area contributed by atoms with Crippen LogP contribution in [0.15, 0.2) is 18.5 Å². The van der Waals surface area contributed by atoms with Crippen molar-refractivity contribution in [2.24, 2.45) is 11.8 Å². The fourth-order valence-corrected chi connectivity index (χ4v) is 3.80. The van der Waals surface area contributed by atoms with Gasteiger partial charge in [0.2, 0.25) is 5.91 Å². The number of amides is 2. The second-order valence-electron chi connectivity index (χ2n) is 8.28. The molecule has 1 aliphatic heterocycles. The molecule has 1 aliphatic carbocycles. The number of carbonyl (C=O) groups excluding carboxylic acids is 2. The number of nitrogens with zero attached hydrogens (tertiary/aromatic N) is 3. The maximum absolute atomic E-state index is 13.0. The van der Waals surface area contributed by atoms with Crippen molar-refractivity contribution in [3.05, 3.63) is 24.3 Å². The lowest BCUT2D eigenvalue weighted by Gasteiger charge is -2.22. The van der Waals surface area contributed by atoms with E-state index in [2.05, 4.69) is 37.0 Å². The molecule has 2 aliphatic rings. The lowest BCUT2D eigenvalue weighted by Crippen LogP contribution is -2.50. The van der Waals surface area contributed by atoms with E-state index >= 15 is 0 Å². The smallest absolute Gasteiger partial charge is 0.287 e. The molecule has 3 heterocycles. The molecule has 2 aromatic heterocycles. The van der Waals surface area contributed by atoms with E-state index in [1.54, 1.807) is 18.5 Å². The van der Waals surface area contributed by atoms with E-state index in [4.69, 9.17) is 4.74 Å². The van der Waals surface area contributed by atoms with Gasteiger partial charge in [0.15, 0.2) is 5.82 Å². The highest BCUT2D eigenvalue weighted by Crippen LogP contribution is 2.33. The third-order valence-corrected chi connectivity index (χ3v) is 5.71. The maximum Gasteiger partial charge on any atom is 0.287 e. The van der Waals surface area contributed by atoms with Crippen molar-refractivity contribution in [1.29, 1.82) is 5.26 Å². The van der Waals surface area contributed by atoms with Crippen molar-refractivity contribution in [1.82, 2.24) is 30.9 Å². The summed E-state index contributed by atoms with van der Waals surface area (Å²) in [6.07, 6.45) is 7.24. The van der Waals surface area contributed by atoms with Gasteiger partial charge in [0.05, 0.1) is 36.6 Å². The zero-order valence-corrected chi connectivity index (χ0v) is 17.3. The van der Waals surface area contributed by atoms with Crippen LogP contribution in [-0.4, -0.2) is 58.7 Å². The Kier molecular flexibility index (Phi) is 6.74. The molecule has 0 spiro atoms. The van der Waals surface area contributed by atoms with Crippen LogP contribution in [-0.2, 0) is 9.53 Å². The normalized spacial score (nSPS) is 20.9. The monoisotopic (exact) mass is 425 g/mol. The summed E-state index contributed by atoms with van der Waals surface area (Å²) in [7, 11) is 0. The van der Waals surface area contributed by atoms with Crippen molar-refractivity contribution >= 4 is 22.8 Å². The Balaban J connectivity index is 1.39. The molecule has 0 unspecified atom stereocenters. The Morgan fingerprint density at radius 1 is 1.26 bits per heavy atom. The van der Waals surface area contributed by atoms with Crippen LogP contribution in [0.1, 0.15) is 42.7 Å². The summed E-state index contributed by atoms with van der Waals surface area (Å²) in [4.78, 5) is 36.9. The minimum atomic E-state index is -0.714. The first-order valence-electron chi connectivity index (χ1n) is 10.7. The van der Waals surface area contributed by atoms with E-state index in [0.29, 0.717) is 43.1 Å². The SMILES string of the molecule is N#C[C@H](C[C@@H]1CCNCOC1)NC(=O)[C@H](CC1CC1)NC(=O)c1nc2ccncc2[nH]1. The van der Waals surface area contributed by atoms with Gasteiger partial charge < -0.3 is 20.4 Å². The third-order valence-electron chi connectivity index (χ3n) is 5.71. The van der Waals surface area contributed by atoms with Crippen molar-refractivity contribution in [3.8, 4) is 6.07 Å². The van der Waals surface area contributed by atoms with Gasteiger partial charge in [-0.3, -0.25) is 19.9 Å². The molecular formula is C21H27N7O3. The summed E-state index contributed by atoms with van der Waals surface area (Å²) in [6.45, 7) is 1.89. The maximum atomic E-state index is 13.0. The first-order valence-corrected chi connectivity index (χ1v) is 10.7. The van der Waals surface area contributed by atoms with E-state index < -0.39 is 18.0 Å². The average Bonchev–Trinajstić information content (AvgIpc) is 3.54. The molecular weight excluding hydrogens is 398 g/mol. The molecule has 2 fully saturated rings. The highest BCUT2D eigenvalue weighted by atomic mass is 16.5. The highest BCUT2D eigenvalue weighted by Gasteiger charge is 2.32. The number of pyridine rings is 1. The quantitative estimate of drug-likeness (QED) is 0.490. The van der Waals surface area contributed by atoms with Crippen LogP contribution < -0.4 is 16.0 Å². The molecule has 0 bridgehead atoms. The van der Waals surface area contributed by atoms with E-state index in [0.717, 1.165) is 25.8 Å². The van der Waals surface area contributed by atoms with E-state index in [9.17, 15) is 14.9 Å². The summed E-state index contributed by atoms with van der Waals surface area (Å²) in [5, 5.41) is 18.3. The zero-order valence-electron chi connectivity index (χ0n) is 17.3. The first kappa shape index (κ1) is 21.2. The minimum Gasteiger partial charge on any atom is -0.366 e. The molecule has 31 heavy (non-hydrogen) atoms. The van der Waals surface area contributed by atoms with Crippen LogP contribution in [0.3, 0.4) is 0 Å². The van der Waals surface area contributed by atoms with Gasteiger partial charge in [-0.25, -0.2) is 4.98 Å². The number of ether oxygens (including phenoxy) is 1. The van der Waals surface area contributed by atoms with Gasteiger partial charge in [-0.15, -0.1) is 0 Å². The lowest BCUT2D eigenvalue weighted by atomic mass is 9.97. The first-order chi connectivity index (χ1) is 15.1. The van der Waals surface area contributed by atoms with Gasteiger partial charge in [-0.05, 0) is 43.7 Å². The van der Waals surface area contributed by atoms with E-state index in [1.807, 2.05) is 0 Å². The summed E-state index contributed by atoms with van der Waals surface area (Å²) in [5.41, 5.74) is 1.29. The number of imidazole rings is 1. The van der Waals surface area contributed by atoms with Crippen LogP contribution in [0.2, 0.25) is 0 Å². The fourth-order valence-electron chi connectivity index (χ4n) is 3.80. The standard InChI is InChI=1S/C21H27N7O3/c22-9-15(7-14-3-5-24-12-31-11-14)25-20(29)17(8-13-1-2-13)28-21(30)19-26-16-4-6-23-10-18(16)27-19/h4,6,10,13-15,17,24H,1-3,5,7-8,11-12H2,(H,25,29)(H,26,27)(H,28,30)/t14-,15-,17-/m0/s1. The number of nitriles is 1. The number of nitrogens with one attached hydrogen (secondary N) is 4. The number of rotatable bonds is 8. The Bertz CT molecular complexity index is 924. The predicted octanol–water partition coefficient (Wildman–Crippen LogP) is 0.838. The molecule has 0 radical (unpaired) electrons. The largest absolute Gasteiger partial charge is 0.366 e. The molecule has 3 atom stereocenters. The summed E-state index contributed by atoms with van der Waals surface area (Å²) in [6, 6.07) is 2.55. The summed E-state index contributed by atoms with van der Waals surface area (Å²) < 4.78 is 5.49. The van der Waals surface area contributed by atoms with Crippen LogP contribution in [0.5, 0.6) is 0 Å². The van der Waals surface area contributed by atoms with Gasteiger partial charge in [-0.2, -0.15) is 5.26 Å². The molecule has 1 saturated carbocycles. The fraction of sp³-hybridized carbons (Fsp3) is 0.571. The second-order valence-corrected chi connectivity index (χ2v) is 8.28. The van der Waals surface area contributed by atoms with Gasteiger partial charge in [0.1, 0.15) is 12.1 Å². The molecule has 2 aromatic rings. The van der Waals surface area contributed by atoms with E-state index in [-0.39, 0.29) is 17.6 Å². The zero-order chi connectivity index (χ0) is 21.6. The molecule has 10 heteroatoms. The number of aromatic amines is 1. The topological polar surface area (TPSA) is 145 Å². The molecule has 10 nitrogen and oxygen atoms in total. The molecule has 1 saturated heterocycles. The number of fused-ring (bicyclic) bond motifs is 1. The number of hydrogen-bond acceptors (Lipinski definition) is 7. The van der Waals surface area contributed by atoms with Crippen LogP contribution in [0.25, 0.3) is 11.0 Å². The van der Waals surface area contributed by atoms with Crippen LogP contribution in [0, 0.1) is 23.2 Å². The van der Waals surface area contributed by atoms with Crippen molar-refractivity contribution in [2.45, 2.75) is 44.2 Å². The molecule has 2 amide bonds. The number of aromatic nitrogens is 3. The molecule has 4 rings (SSSR count). The molecule has 0 aromatic carbocycles. The van der Waals surface area contributed by atoms with Gasteiger partial charge >= 0.3 is 0 Å². The highest BCUT2D eigenvalue weighted by molar-refractivity contribution is 5.97.